The number of hydrogen-bond acceptors (Lipinski definition) is 6. The summed E-state index contributed by atoms with van der Waals surface area (Å²) in [5, 5.41) is 14.0. The molecule has 7 heteroatoms. The van der Waals surface area contributed by atoms with Gasteiger partial charge in [0.25, 0.3) is 0 Å². The fourth-order valence-electron chi connectivity index (χ4n) is 3.00. The number of carbonyl (C=O) groups excluding carboxylic acids is 2. The first kappa shape index (κ1) is 16.6. The van der Waals surface area contributed by atoms with Crippen LogP contribution in [0.1, 0.15) is 24.8 Å². The van der Waals surface area contributed by atoms with E-state index in [9.17, 15) is 14.7 Å². The zero-order valence-corrected chi connectivity index (χ0v) is 13.3. The van der Waals surface area contributed by atoms with Gasteiger partial charge in [-0.3, -0.25) is 4.79 Å². The van der Waals surface area contributed by atoms with Gasteiger partial charge in [-0.15, -0.1) is 0 Å². The van der Waals surface area contributed by atoms with Crippen LogP contribution in [0, 0.1) is 5.92 Å². The number of rotatable bonds is 7. The molecule has 2 aliphatic rings. The van der Waals surface area contributed by atoms with E-state index in [0.29, 0.717) is 31.7 Å². The summed E-state index contributed by atoms with van der Waals surface area (Å²) in [6.45, 7) is 1.19. The fraction of sp³-hybridized carbons (Fsp3) is 0.529. The first-order valence-electron chi connectivity index (χ1n) is 8.11. The molecule has 2 atom stereocenters. The lowest BCUT2D eigenvalue weighted by Gasteiger charge is -2.23. The Hall–Kier alpha value is -2.28. The number of aliphatic carboxylic acids is 1. The van der Waals surface area contributed by atoms with Crippen LogP contribution in [0.5, 0.6) is 11.5 Å². The van der Waals surface area contributed by atoms with Crippen LogP contribution in [0.25, 0.3) is 0 Å². The molecule has 0 radical (unpaired) electrons. The monoisotopic (exact) mass is 334 g/mol. The van der Waals surface area contributed by atoms with E-state index in [2.05, 4.69) is 5.32 Å². The molecule has 1 aromatic rings. The molecule has 3 rings (SSSR count). The average Bonchev–Trinajstić information content (AvgIpc) is 3.23. The van der Waals surface area contributed by atoms with Crippen molar-refractivity contribution >= 4 is 11.9 Å². The largest absolute Gasteiger partial charge is 0.550 e. The van der Waals surface area contributed by atoms with Crippen LogP contribution in [0.2, 0.25) is 0 Å². The molecule has 24 heavy (non-hydrogen) atoms. The summed E-state index contributed by atoms with van der Waals surface area (Å²) >= 11 is 0. The van der Waals surface area contributed by atoms with Crippen LogP contribution in [-0.4, -0.2) is 37.9 Å². The standard InChI is InChI=1S/C17H21NO6/c19-16(9-12(17(20)21)13-2-1-7-22-13)18-6-5-11-3-4-14-15(8-11)24-10-23-14/h3-4,8,12-13H,1-2,5-7,9-10H2,(H,18,19)(H,20,21)/p-1/t12-,13-/m0/s1. The van der Waals surface area contributed by atoms with Gasteiger partial charge in [0.2, 0.25) is 12.7 Å². The predicted molar refractivity (Wildman–Crippen MR) is 81.4 cm³/mol. The molecule has 7 nitrogen and oxygen atoms in total. The minimum Gasteiger partial charge on any atom is -0.550 e. The van der Waals surface area contributed by atoms with Crippen LogP contribution in [-0.2, 0) is 20.7 Å². The van der Waals surface area contributed by atoms with Crippen LogP contribution < -0.4 is 19.9 Å². The maximum absolute atomic E-state index is 12.0. The average molecular weight is 334 g/mol. The highest BCUT2D eigenvalue weighted by molar-refractivity contribution is 5.81. The molecule has 0 aromatic heterocycles. The number of carboxylic acids is 1. The topological polar surface area (TPSA) is 96.9 Å². The Morgan fingerprint density at radius 1 is 1.29 bits per heavy atom. The van der Waals surface area contributed by atoms with Crippen LogP contribution in [0.15, 0.2) is 18.2 Å². The number of fused-ring (bicyclic) bond motifs is 1. The van der Waals surface area contributed by atoms with Crippen molar-refractivity contribution in [2.45, 2.75) is 31.8 Å². The third-order valence-corrected chi connectivity index (χ3v) is 4.29. The zero-order chi connectivity index (χ0) is 16.9. The lowest BCUT2D eigenvalue weighted by atomic mass is 9.96. The zero-order valence-electron chi connectivity index (χ0n) is 13.3. The van der Waals surface area contributed by atoms with E-state index >= 15 is 0 Å². The van der Waals surface area contributed by atoms with Crippen molar-refractivity contribution < 1.29 is 28.9 Å². The fourth-order valence-corrected chi connectivity index (χ4v) is 3.00. The van der Waals surface area contributed by atoms with Gasteiger partial charge in [0.1, 0.15) is 0 Å². The molecule has 0 spiro atoms. The number of carbonyl (C=O) groups is 2. The summed E-state index contributed by atoms with van der Waals surface area (Å²) in [6, 6.07) is 5.63. The summed E-state index contributed by atoms with van der Waals surface area (Å²) < 4.78 is 15.9. The Bertz CT molecular complexity index is 611. The van der Waals surface area contributed by atoms with E-state index < -0.39 is 18.0 Å². The molecule has 0 saturated carbocycles. The van der Waals surface area contributed by atoms with Crippen molar-refractivity contribution in [3.05, 3.63) is 23.8 Å². The highest BCUT2D eigenvalue weighted by Gasteiger charge is 2.28. The molecule has 0 bridgehead atoms. The van der Waals surface area contributed by atoms with Gasteiger partial charge in [-0.25, -0.2) is 0 Å². The summed E-state index contributed by atoms with van der Waals surface area (Å²) in [5.74, 6) is -1.00. The van der Waals surface area contributed by atoms with E-state index in [1.165, 1.54) is 0 Å². The number of ether oxygens (including phenoxy) is 3. The summed E-state index contributed by atoms with van der Waals surface area (Å²) in [5.41, 5.74) is 1.01. The Morgan fingerprint density at radius 2 is 2.12 bits per heavy atom. The van der Waals surface area contributed by atoms with E-state index in [-0.39, 0.29) is 19.1 Å². The van der Waals surface area contributed by atoms with E-state index in [0.717, 1.165) is 17.7 Å². The minimum atomic E-state index is -1.23. The maximum atomic E-state index is 12.0. The predicted octanol–water partition coefficient (Wildman–Crippen LogP) is 0.00920. The van der Waals surface area contributed by atoms with E-state index in [4.69, 9.17) is 14.2 Å². The molecule has 1 saturated heterocycles. The molecule has 0 unspecified atom stereocenters. The molecule has 130 valence electrons. The Kier molecular flexibility index (Phi) is 5.20. The van der Waals surface area contributed by atoms with Crippen molar-refractivity contribution in [2.24, 2.45) is 5.92 Å². The summed E-state index contributed by atoms with van der Waals surface area (Å²) in [7, 11) is 0. The van der Waals surface area contributed by atoms with Crippen molar-refractivity contribution in [1.29, 1.82) is 0 Å². The number of benzene rings is 1. The lowest BCUT2D eigenvalue weighted by Crippen LogP contribution is -2.42. The number of amides is 1. The third-order valence-electron chi connectivity index (χ3n) is 4.29. The first-order valence-corrected chi connectivity index (χ1v) is 8.11. The van der Waals surface area contributed by atoms with E-state index in [1.54, 1.807) is 0 Å². The molecule has 1 fully saturated rings. The smallest absolute Gasteiger partial charge is 0.231 e. The van der Waals surface area contributed by atoms with Crippen molar-refractivity contribution in [3.8, 4) is 11.5 Å². The van der Waals surface area contributed by atoms with Crippen molar-refractivity contribution in [2.75, 3.05) is 19.9 Å². The summed E-state index contributed by atoms with van der Waals surface area (Å²) in [6.07, 6.45) is 1.56. The molecule has 1 N–H and O–H groups in total. The number of hydrogen-bond donors (Lipinski definition) is 1. The third kappa shape index (κ3) is 3.97. The Morgan fingerprint density at radius 3 is 2.88 bits per heavy atom. The SMILES string of the molecule is O=C(C[C@H](C(=O)[O-])[C@@H]1CCCO1)NCCc1ccc2c(c1)OCO2. The van der Waals surface area contributed by atoms with Gasteiger partial charge in [-0.1, -0.05) is 6.07 Å². The number of nitrogens with one attached hydrogen (secondary N) is 1. The summed E-state index contributed by atoms with van der Waals surface area (Å²) in [4.78, 5) is 23.2. The highest BCUT2D eigenvalue weighted by atomic mass is 16.7. The van der Waals surface area contributed by atoms with Crippen molar-refractivity contribution in [1.82, 2.24) is 5.32 Å². The maximum Gasteiger partial charge on any atom is 0.231 e. The molecule has 2 heterocycles. The van der Waals surface area contributed by atoms with Gasteiger partial charge in [-0.2, -0.15) is 0 Å². The van der Waals surface area contributed by atoms with Gasteiger partial charge in [0.05, 0.1) is 6.10 Å². The van der Waals surface area contributed by atoms with E-state index in [1.807, 2.05) is 18.2 Å². The quantitative estimate of drug-likeness (QED) is 0.754. The second kappa shape index (κ2) is 7.53. The lowest BCUT2D eigenvalue weighted by molar-refractivity contribution is -0.314. The van der Waals surface area contributed by atoms with Crippen LogP contribution in [0.3, 0.4) is 0 Å². The molecule has 0 aliphatic carbocycles. The molecule has 1 aromatic carbocycles. The number of carboxylic acid groups (broad SMARTS) is 1. The molecule has 1 amide bonds. The molecule has 2 aliphatic heterocycles. The minimum absolute atomic E-state index is 0.117. The van der Waals surface area contributed by atoms with Crippen molar-refractivity contribution in [3.63, 3.8) is 0 Å². The van der Waals surface area contributed by atoms with Crippen LogP contribution in [0.4, 0.5) is 0 Å². The van der Waals surface area contributed by atoms with Gasteiger partial charge in [-0.05, 0) is 37.0 Å². The molecular formula is C17H20NO6-. The second-order valence-electron chi connectivity index (χ2n) is 5.97. The molecular weight excluding hydrogens is 314 g/mol. The van der Waals surface area contributed by atoms with Gasteiger partial charge in [0.15, 0.2) is 11.5 Å². The highest BCUT2D eigenvalue weighted by Crippen LogP contribution is 2.32. The Labute approximate surface area is 139 Å². The normalized spacial score (nSPS) is 19.9. The van der Waals surface area contributed by atoms with Gasteiger partial charge >= 0.3 is 0 Å². The Balaban J connectivity index is 1.45. The van der Waals surface area contributed by atoms with Gasteiger partial charge < -0.3 is 29.4 Å². The van der Waals surface area contributed by atoms with Crippen LogP contribution >= 0.6 is 0 Å². The second-order valence-corrected chi connectivity index (χ2v) is 5.97. The first-order chi connectivity index (χ1) is 11.6. The van der Waals surface area contributed by atoms with Gasteiger partial charge in [0, 0.05) is 31.5 Å².